The van der Waals surface area contributed by atoms with Crippen molar-refractivity contribution in [1.29, 1.82) is 0 Å². The molecule has 0 unspecified atom stereocenters. The summed E-state index contributed by atoms with van der Waals surface area (Å²) in [5.74, 6) is 1.89. The zero-order chi connectivity index (χ0) is 19.1. The van der Waals surface area contributed by atoms with Crippen molar-refractivity contribution in [3.8, 4) is 0 Å². The Hall–Kier alpha value is -0.690. The second-order valence-electron chi connectivity index (χ2n) is 8.70. The van der Waals surface area contributed by atoms with Crippen molar-refractivity contribution in [3.63, 3.8) is 0 Å². The summed E-state index contributed by atoms with van der Waals surface area (Å²) in [7, 11) is -4.67. The molecule has 0 saturated heterocycles. The van der Waals surface area contributed by atoms with Crippen molar-refractivity contribution >= 4 is 40.0 Å². The van der Waals surface area contributed by atoms with Gasteiger partial charge in [0.25, 0.3) is 0 Å². The molecule has 2 aromatic carbocycles. The zero-order valence-electron chi connectivity index (χ0n) is 15.3. The van der Waals surface area contributed by atoms with Gasteiger partial charge >= 0.3 is 40.0 Å². The van der Waals surface area contributed by atoms with E-state index in [1.807, 2.05) is 0 Å². The van der Waals surface area contributed by atoms with E-state index in [9.17, 15) is 0 Å². The molecule has 28 heavy (non-hydrogen) atoms. The van der Waals surface area contributed by atoms with Crippen LogP contribution >= 0.6 is 0 Å². The largest absolute Gasteiger partial charge is 0.0622 e. The summed E-state index contributed by atoms with van der Waals surface area (Å²) in [6.07, 6.45) is 8.60. The van der Waals surface area contributed by atoms with E-state index in [1.54, 1.807) is 11.1 Å². The molecule has 2 N–H and O–H groups in total. The third-order valence-corrected chi connectivity index (χ3v) is 6.83. The third-order valence-electron chi connectivity index (χ3n) is 6.83. The summed E-state index contributed by atoms with van der Waals surface area (Å²) in [6.45, 7) is 0. The minimum Gasteiger partial charge on any atom is -0.0622 e. The molecule has 0 spiro atoms. The standard InChI is InChI=1S/C22H24.Na.H2O4S.H/c1-3-7-19(8-4-1)21-12-17-11-18(13-21)15-22(14-17,16-21)20-9-5-2-6-10-20;;1-5(2,3)4;/h1-10,17-18H,11-16H2;;(H2,1,2,3,4);. The smallest absolute Gasteiger partial charge is 0.00332 e. The maximum atomic E-state index is 8.74. The van der Waals surface area contributed by atoms with Crippen molar-refractivity contribution in [1.82, 2.24) is 0 Å². The molecule has 4 aliphatic carbocycles. The SMILES string of the molecule is O=S(=O)(O)O.[NaH].c1ccc(C23CC4CC(C2)CC(c2ccccc2)(C4)C3)cc1. The molecule has 4 saturated carbocycles. The molecule has 6 rings (SSSR count). The number of hydrogen-bond acceptors (Lipinski definition) is 2. The van der Waals surface area contributed by atoms with Gasteiger partial charge in [-0.15, -0.1) is 0 Å². The van der Waals surface area contributed by atoms with E-state index in [-0.39, 0.29) is 29.6 Å². The molecule has 146 valence electrons. The summed E-state index contributed by atoms with van der Waals surface area (Å²) >= 11 is 0. The second kappa shape index (κ2) is 8.21. The van der Waals surface area contributed by atoms with Crippen LogP contribution in [0.2, 0.25) is 0 Å². The van der Waals surface area contributed by atoms with Crippen LogP contribution in [0.1, 0.15) is 49.7 Å². The fourth-order valence-electron chi connectivity index (χ4n) is 6.52. The predicted octanol–water partition coefficient (Wildman–Crippen LogP) is 4.17. The molecule has 4 bridgehead atoms. The van der Waals surface area contributed by atoms with E-state index in [2.05, 4.69) is 60.7 Å². The van der Waals surface area contributed by atoms with Gasteiger partial charge in [-0.05, 0) is 72.3 Å². The number of rotatable bonds is 2. The van der Waals surface area contributed by atoms with Crippen LogP contribution in [0, 0.1) is 11.8 Å². The van der Waals surface area contributed by atoms with Gasteiger partial charge in [-0.1, -0.05) is 60.7 Å². The van der Waals surface area contributed by atoms with Crippen LogP contribution in [0.25, 0.3) is 0 Å². The van der Waals surface area contributed by atoms with Crippen molar-refractivity contribution in [3.05, 3.63) is 71.8 Å². The van der Waals surface area contributed by atoms with Gasteiger partial charge in [0.2, 0.25) is 0 Å². The second-order valence-corrected chi connectivity index (χ2v) is 9.60. The maximum absolute atomic E-state index is 8.74. The fraction of sp³-hybridized carbons (Fsp3) is 0.455. The van der Waals surface area contributed by atoms with Crippen LogP contribution in [0.5, 0.6) is 0 Å². The zero-order valence-corrected chi connectivity index (χ0v) is 16.1. The predicted molar refractivity (Wildman–Crippen MR) is 112 cm³/mol. The van der Waals surface area contributed by atoms with Crippen LogP contribution in [-0.2, 0) is 21.2 Å². The van der Waals surface area contributed by atoms with E-state index in [0.717, 1.165) is 11.8 Å². The monoisotopic (exact) mass is 410 g/mol. The van der Waals surface area contributed by atoms with E-state index in [0.29, 0.717) is 10.8 Å². The Morgan fingerprint density at radius 1 is 0.714 bits per heavy atom. The van der Waals surface area contributed by atoms with Gasteiger partial charge in [-0.2, -0.15) is 8.42 Å². The van der Waals surface area contributed by atoms with Crippen LogP contribution in [0.15, 0.2) is 60.7 Å². The van der Waals surface area contributed by atoms with Crippen molar-refractivity contribution < 1.29 is 17.5 Å². The van der Waals surface area contributed by atoms with Crippen LogP contribution in [0.3, 0.4) is 0 Å². The Morgan fingerprint density at radius 2 is 1.04 bits per heavy atom. The van der Waals surface area contributed by atoms with Gasteiger partial charge in [-0.3, -0.25) is 9.11 Å². The maximum Gasteiger partial charge on any atom is -0.00332 e. The average Bonchev–Trinajstić information content (AvgIpc) is 2.61. The van der Waals surface area contributed by atoms with Gasteiger partial charge in [0, 0.05) is 0 Å². The summed E-state index contributed by atoms with van der Waals surface area (Å²) in [5.41, 5.74) is 4.15. The van der Waals surface area contributed by atoms with Gasteiger partial charge in [0.1, 0.15) is 0 Å². The fourth-order valence-corrected chi connectivity index (χ4v) is 6.52. The van der Waals surface area contributed by atoms with Gasteiger partial charge in [0.15, 0.2) is 0 Å². The summed E-state index contributed by atoms with van der Waals surface area (Å²) < 4.78 is 31.6. The molecular formula is C22H27NaO4S. The first-order valence-corrected chi connectivity index (χ1v) is 11.0. The Kier molecular flexibility index (Phi) is 6.45. The Balaban J connectivity index is 0.000000338. The molecule has 0 amide bonds. The molecule has 0 aromatic heterocycles. The summed E-state index contributed by atoms with van der Waals surface area (Å²) in [4.78, 5) is 0. The van der Waals surface area contributed by atoms with Crippen LogP contribution in [0.4, 0.5) is 0 Å². The van der Waals surface area contributed by atoms with Gasteiger partial charge in [0.05, 0.1) is 0 Å². The van der Waals surface area contributed by atoms with Crippen LogP contribution in [-0.4, -0.2) is 47.1 Å². The van der Waals surface area contributed by atoms with E-state index < -0.39 is 10.4 Å². The van der Waals surface area contributed by atoms with E-state index in [4.69, 9.17) is 17.5 Å². The molecule has 4 nitrogen and oxygen atoms in total. The molecule has 4 fully saturated rings. The Morgan fingerprint density at radius 3 is 1.36 bits per heavy atom. The van der Waals surface area contributed by atoms with Crippen LogP contribution < -0.4 is 0 Å². The molecule has 0 heterocycles. The first kappa shape index (κ1) is 22.0. The van der Waals surface area contributed by atoms with Crippen molar-refractivity contribution in [2.75, 3.05) is 0 Å². The van der Waals surface area contributed by atoms with Gasteiger partial charge in [-0.25, -0.2) is 0 Å². The van der Waals surface area contributed by atoms with Crippen molar-refractivity contribution in [2.24, 2.45) is 11.8 Å². The molecule has 0 atom stereocenters. The topological polar surface area (TPSA) is 74.6 Å². The molecule has 0 aliphatic heterocycles. The molecule has 6 heteroatoms. The summed E-state index contributed by atoms with van der Waals surface area (Å²) in [5, 5.41) is 0. The quantitative estimate of drug-likeness (QED) is 0.575. The molecule has 2 aromatic rings. The first-order chi connectivity index (χ1) is 12.8. The Bertz CT molecular complexity index is 819. The van der Waals surface area contributed by atoms with E-state index in [1.165, 1.54) is 38.5 Å². The average molecular weight is 411 g/mol. The number of hydrogen-bond donors (Lipinski definition) is 2. The Labute approximate surface area is 189 Å². The van der Waals surface area contributed by atoms with Crippen molar-refractivity contribution in [2.45, 2.75) is 49.4 Å². The number of benzene rings is 2. The molecule has 0 radical (unpaired) electrons. The summed E-state index contributed by atoms with van der Waals surface area (Å²) in [6, 6.07) is 22.9. The first-order valence-electron chi connectivity index (χ1n) is 9.59. The van der Waals surface area contributed by atoms with E-state index >= 15 is 0 Å². The minimum atomic E-state index is -4.67. The molecular weight excluding hydrogens is 383 g/mol. The third kappa shape index (κ3) is 4.55. The normalized spacial score (nSPS) is 32.8. The minimum absolute atomic E-state index is 0. The molecule has 4 aliphatic rings. The van der Waals surface area contributed by atoms with Gasteiger partial charge < -0.3 is 0 Å².